The van der Waals surface area contributed by atoms with E-state index < -0.39 is 5.97 Å². The van der Waals surface area contributed by atoms with Crippen LogP contribution in [0.2, 0.25) is 0 Å². The van der Waals surface area contributed by atoms with Crippen LogP contribution in [0.15, 0.2) is 24.3 Å². The highest BCUT2D eigenvalue weighted by Gasteiger charge is 2.14. The molecule has 1 aromatic carbocycles. The van der Waals surface area contributed by atoms with Crippen molar-refractivity contribution in [3.63, 3.8) is 0 Å². The van der Waals surface area contributed by atoms with Crippen molar-refractivity contribution >= 4 is 11.9 Å². The summed E-state index contributed by atoms with van der Waals surface area (Å²) in [6, 6.07) is 5.84. The van der Waals surface area contributed by atoms with Crippen molar-refractivity contribution in [3.8, 4) is 0 Å². The predicted octanol–water partition coefficient (Wildman–Crippen LogP) is 1.35. The van der Waals surface area contributed by atoms with Gasteiger partial charge >= 0.3 is 5.97 Å². The smallest absolute Gasteiger partial charge is 0.315 e. The number of carbonyl (C=O) groups excluding carboxylic acids is 2. The molecule has 1 rings (SSSR count). The Labute approximate surface area is 99.0 Å². The number of methoxy groups -OCH3 is 1. The van der Waals surface area contributed by atoms with Crippen LogP contribution in [0.5, 0.6) is 0 Å². The van der Waals surface area contributed by atoms with E-state index in [-0.39, 0.29) is 18.1 Å². The third kappa shape index (κ3) is 4.22. The van der Waals surface area contributed by atoms with E-state index in [2.05, 4.69) is 4.74 Å². The summed E-state index contributed by atoms with van der Waals surface area (Å²) >= 11 is 0. The Morgan fingerprint density at radius 3 is 2.41 bits per heavy atom. The van der Waals surface area contributed by atoms with Gasteiger partial charge < -0.3 is 9.64 Å². The zero-order chi connectivity index (χ0) is 12.8. The van der Waals surface area contributed by atoms with Gasteiger partial charge in [0, 0.05) is 13.6 Å². The van der Waals surface area contributed by atoms with Crippen LogP contribution in [0.4, 0.5) is 4.39 Å². The Kier molecular flexibility index (Phi) is 4.63. The van der Waals surface area contributed by atoms with Crippen molar-refractivity contribution in [2.45, 2.75) is 13.0 Å². The quantitative estimate of drug-likeness (QED) is 0.588. The van der Waals surface area contributed by atoms with Gasteiger partial charge in [-0.1, -0.05) is 12.1 Å². The largest absolute Gasteiger partial charge is 0.469 e. The van der Waals surface area contributed by atoms with Crippen molar-refractivity contribution in [1.29, 1.82) is 0 Å². The fraction of sp³-hybridized carbons (Fsp3) is 0.333. The molecule has 1 aromatic rings. The lowest BCUT2D eigenvalue weighted by Gasteiger charge is -2.16. The number of hydrogen-bond acceptors (Lipinski definition) is 3. The monoisotopic (exact) mass is 239 g/mol. The molecule has 1 amide bonds. The highest BCUT2D eigenvalue weighted by Crippen LogP contribution is 2.06. The number of hydrogen-bond donors (Lipinski definition) is 0. The molecule has 0 aliphatic heterocycles. The maximum absolute atomic E-state index is 12.7. The van der Waals surface area contributed by atoms with Gasteiger partial charge in [0.1, 0.15) is 12.2 Å². The minimum absolute atomic E-state index is 0.284. The van der Waals surface area contributed by atoms with Crippen molar-refractivity contribution < 1.29 is 18.7 Å². The Bertz CT molecular complexity index is 403. The van der Waals surface area contributed by atoms with Crippen molar-refractivity contribution in [3.05, 3.63) is 35.6 Å². The predicted molar refractivity (Wildman–Crippen MR) is 59.5 cm³/mol. The standard InChI is InChI=1S/C12H14FNO3/c1-14(11(15)7-12(16)17-2)8-9-3-5-10(13)6-4-9/h3-6H,7-8H2,1-2H3. The van der Waals surface area contributed by atoms with Crippen LogP contribution < -0.4 is 0 Å². The summed E-state index contributed by atoms with van der Waals surface area (Å²) < 4.78 is 17.1. The topological polar surface area (TPSA) is 46.6 Å². The third-order valence-corrected chi connectivity index (χ3v) is 2.28. The molecule has 17 heavy (non-hydrogen) atoms. The fourth-order valence-electron chi connectivity index (χ4n) is 1.28. The van der Waals surface area contributed by atoms with E-state index in [9.17, 15) is 14.0 Å². The molecule has 0 atom stereocenters. The van der Waals surface area contributed by atoms with E-state index in [4.69, 9.17) is 0 Å². The number of esters is 1. The van der Waals surface area contributed by atoms with Crippen LogP contribution in [0.1, 0.15) is 12.0 Å². The average molecular weight is 239 g/mol. The second-order valence-corrected chi connectivity index (χ2v) is 3.63. The fourth-order valence-corrected chi connectivity index (χ4v) is 1.28. The SMILES string of the molecule is COC(=O)CC(=O)N(C)Cc1ccc(F)cc1. The van der Waals surface area contributed by atoms with E-state index in [1.807, 2.05) is 0 Å². The van der Waals surface area contributed by atoms with Crippen LogP contribution in [0.25, 0.3) is 0 Å². The normalized spacial score (nSPS) is 9.82. The number of amides is 1. The lowest BCUT2D eigenvalue weighted by Crippen LogP contribution is -2.28. The van der Waals surface area contributed by atoms with Gasteiger partial charge in [-0.3, -0.25) is 9.59 Å². The Balaban J connectivity index is 2.54. The van der Waals surface area contributed by atoms with Gasteiger partial charge in [0.05, 0.1) is 7.11 Å². The Morgan fingerprint density at radius 1 is 1.29 bits per heavy atom. The molecular weight excluding hydrogens is 225 g/mol. The van der Waals surface area contributed by atoms with E-state index in [1.54, 1.807) is 19.2 Å². The van der Waals surface area contributed by atoms with E-state index in [0.29, 0.717) is 6.54 Å². The van der Waals surface area contributed by atoms with Gasteiger partial charge in [0.15, 0.2) is 0 Å². The number of ether oxygens (including phenoxy) is 1. The number of rotatable bonds is 4. The number of halogens is 1. The lowest BCUT2D eigenvalue weighted by atomic mass is 10.2. The molecule has 0 bridgehead atoms. The minimum atomic E-state index is -0.569. The van der Waals surface area contributed by atoms with Gasteiger partial charge in [-0.05, 0) is 17.7 Å². The van der Waals surface area contributed by atoms with E-state index >= 15 is 0 Å². The summed E-state index contributed by atoms with van der Waals surface area (Å²) in [5, 5.41) is 0. The summed E-state index contributed by atoms with van der Waals surface area (Å²) in [5.41, 5.74) is 0.798. The first-order chi connectivity index (χ1) is 8.02. The first-order valence-corrected chi connectivity index (χ1v) is 5.08. The molecule has 0 aliphatic carbocycles. The molecular formula is C12H14FNO3. The van der Waals surface area contributed by atoms with Crippen LogP contribution in [-0.2, 0) is 20.9 Å². The molecule has 0 saturated carbocycles. The maximum atomic E-state index is 12.7. The van der Waals surface area contributed by atoms with Gasteiger partial charge in [-0.15, -0.1) is 0 Å². The molecule has 0 saturated heterocycles. The molecule has 0 fully saturated rings. The Morgan fingerprint density at radius 2 is 1.88 bits per heavy atom. The molecule has 0 aliphatic rings. The number of benzene rings is 1. The van der Waals surface area contributed by atoms with Crippen LogP contribution in [-0.4, -0.2) is 30.9 Å². The highest BCUT2D eigenvalue weighted by molar-refractivity contribution is 5.94. The van der Waals surface area contributed by atoms with Gasteiger partial charge in [0.2, 0.25) is 5.91 Å². The second-order valence-electron chi connectivity index (χ2n) is 3.63. The first kappa shape index (κ1) is 13.2. The van der Waals surface area contributed by atoms with Crippen LogP contribution in [0, 0.1) is 5.82 Å². The van der Waals surface area contributed by atoms with E-state index in [1.165, 1.54) is 24.1 Å². The molecule has 0 aromatic heterocycles. The number of nitrogens with zero attached hydrogens (tertiary/aromatic N) is 1. The van der Waals surface area contributed by atoms with Crippen molar-refractivity contribution in [2.75, 3.05) is 14.2 Å². The van der Waals surface area contributed by atoms with Crippen LogP contribution in [0.3, 0.4) is 0 Å². The molecule has 0 radical (unpaired) electrons. The van der Waals surface area contributed by atoms with Crippen molar-refractivity contribution in [2.24, 2.45) is 0 Å². The van der Waals surface area contributed by atoms with Gasteiger partial charge in [-0.25, -0.2) is 4.39 Å². The average Bonchev–Trinajstić information content (AvgIpc) is 2.31. The zero-order valence-electron chi connectivity index (χ0n) is 9.77. The Hall–Kier alpha value is -1.91. The molecule has 0 N–H and O–H groups in total. The molecule has 0 heterocycles. The first-order valence-electron chi connectivity index (χ1n) is 5.08. The molecule has 0 unspecified atom stereocenters. The zero-order valence-corrected chi connectivity index (χ0v) is 9.77. The molecule has 92 valence electrons. The summed E-state index contributed by atoms with van der Waals surface area (Å²) in [6.45, 7) is 0.329. The molecule has 5 heteroatoms. The van der Waals surface area contributed by atoms with Crippen LogP contribution >= 0.6 is 0 Å². The molecule has 4 nitrogen and oxygen atoms in total. The summed E-state index contributed by atoms with van der Waals surface area (Å²) in [4.78, 5) is 23.8. The van der Waals surface area contributed by atoms with E-state index in [0.717, 1.165) is 5.56 Å². The van der Waals surface area contributed by atoms with Gasteiger partial charge in [0.25, 0.3) is 0 Å². The summed E-state index contributed by atoms with van der Waals surface area (Å²) in [5.74, 6) is -1.22. The van der Waals surface area contributed by atoms with Crippen molar-refractivity contribution in [1.82, 2.24) is 4.90 Å². The number of carbonyl (C=O) groups is 2. The lowest BCUT2D eigenvalue weighted by molar-refractivity contribution is -0.146. The highest BCUT2D eigenvalue weighted by atomic mass is 19.1. The van der Waals surface area contributed by atoms with Gasteiger partial charge in [-0.2, -0.15) is 0 Å². The summed E-state index contributed by atoms with van der Waals surface area (Å²) in [6.07, 6.45) is -0.284. The summed E-state index contributed by atoms with van der Waals surface area (Å²) in [7, 11) is 2.81. The second kappa shape index (κ2) is 5.98. The maximum Gasteiger partial charge on any atom is 0.315 e. The minimum Gasteiger partial charge on any atom is -0.469 e. The third-order valence-electron chi connectivity index (χ3n) is 2.28. The molecule has 0 spiro atoms.